The first-order valence-electron chi connectivity index (χ1n) is 9.30. The van der Waals surface area contributed by atoms with Crippen LogP contribution in [0.3, 0.4) is 0 Å². The van der Waals surface area contributed by atoms with E-state index in [9.17, 15) is 9.59 Å². The van der Waals surface area contributed by atoms with E-state index in [0.717, 1.165) is 17.7 Å². The lowest BCUT2D eigenvalue weighted by molar-refractivity contribution is -0.126. The second kappa shape index (κ2) is 7.37. The van der Waals surface area contributed by atoms with Crippen molar-refractivity contribution in [2.45, 2.75) is 70.9 Å². The fraction of sp³-hybridized carbons (Fsp3) is 0.600. The number of benzene rings is 1. The minimum Gasteiger partial charge on any atom is -0.351 e. The molecule has 0 spiro atoms. The molecule has 1 aromatic carbocycles. The van der Waals surface area contributed by atoms with Gasteiger partial charge in [-0.3, -0.25) is 14.5 Å². The predicted molar refractivity (Wildman–Crippen MR) is 95.9 cm³/mol. The molecule has 2 aliphatic rings. The van der Waals surface area contributed by atoms with Crippen molar-refractivity contribution in [2.24, 2.45) is 5.92 Å². The summed E-state index contributed by atoms with van der Waals surface area (Å²) in [5.41, 5.74) is 1.97. The molecule has 1 aliphatic carbocycles. The van der Waals surface area contributed by atoms with Gasteiger partial charge < -0.3 is 5.32 Å². The van der Waals surface area contributed by atoms with Crippen LogP contribution in [-0.4, -0.2) is 23.9 Å². The first-order valence-corrected chi connectivity index (χ1v) is 9.30. The number of amides is 2. The monoisotopic (exact) mass is 328 g/mol. The molecule has 1 aliphatic heterocycles. The standard InChI is InChI=1S/C20H28N2O2/c1-3-4-8-15-10-7-11-17(15)21-20(24)19-13-16-9-5-6-12-18(16)22(19)14(2)23/h5-6,9,12,15,17,19H,3-4,7-8,10-11,13H2,1-2H3,(H,21,24)/t15?,17?,19-/m0/s1. The highest BCUT2D eigenvalue weighted by atomic mass is 16.2. The zero-order valence-corrected chi connectivity index (χ0v) is 14.8. The van der Waals surface area contributed by atoms with Crippen molar-refractivity contribution in [3.63, 3.8) is 0 Å². The van der Waals surface area contributed by atoms with Crippen LogP contribution < -0.4 is 10.2 Å². The number of carbonyl (C=O) groups excluding carboxylic acids is 2. The number of nitrogens with one attached hydrogen (secondary N) is 1. The molecule has 0 bridgehead atoms. The number of hydrogen-bond acceptors (Lipinski definition) is 2. The molecule has 24 heavy (non-hydrogen) atoms. The zero-order chi connectivity index (χ0) is 17.1. The minimum atomic E-state index is -0.396. The molecule has 3 rings (SSSR count). The molecule has 1 saturated carbocycles. The summed E-state index contributed by atoms with van der Waals surface area (Å²) in [5, 5.41) is 3.27. The smallest absolute Gasteiger partial charge is 0.243 e. The maximum atomic E-state index is 12.9. The summed E-state index contributed by atoms with van der Waals surface area (Å²) in [7, 11) is 0. The maximum absolute atomic E-state index is 12.9. The summed E-state index contributed by atoms with van der Waals surface area (Å²) in [6, 6.07) is 7.72. The van der Waals surface area contributed by atoms with Crippen molar-refractivity contribution in [1.29, 1.82) is 0 Å². The highest BCUT2D eigenvalue weighted by Crippen LogP contribution is 2.34. The van der Waals surface area contributed by atoms with Crippen LogP contribution in [0.4, 0.5) is 5.69 Å². The normalized spacial score (nSPS) is 25.6. The van der Waals surface area contributed by atoms with Gasteiger partial charge in [-0.15, -0.1) is 0 Å². The maximum Gasteiger partial charge on any atom is 0.243 e. The van der Waals surface area contributed by atoms with Gasteiger partial charge in [0.25, 0.3) is 0 Å². The van der Waals surface area contributed by atoms with Crippen LogP contribution in [-0.2, 0) is 16.0 Å². The second-order valence-corrected chi connectivity index (χ2v) is 7.19. The number of para-hydroxylation sites is 1. The van der Waals surface area contributed by atoms with Gasteiger partial charge in [0, 0.05) is 25.1 Å². The van der Waals surface area contributed by atoms with Crippen LogP contribution in [0.2, 0.25) is 0 Å². The molecule has 1 heterocycles. The molecule has 1 aromatic rings. The Kier molecular flexibility index (Phi) is 5.22. The van der Waals surface area contributed by atoms with Gasteiger partial charge in [-0.25, -0.2) is 0 Å². The van der Waals surface area contributed by atoms with Crippen molar-refractivity contribution in [3.8, 4) is 0 Å². The number of carbonyl (C=O) groups is 2. The average molecular weight is 328 g/mol. The van der Waals surface area contributed by atoms with Gasteiger partial charge in [0.15, 0.2) is 0 Å². The Morgan fingerprint density at radius 2 is 2.04 bits per heavy atom. The molecule has 1 fully saturated rings. The fourth-order valence-corrected chi connectivity index (χ4v) is 4.30. The van der Waals surface area contributed by atoms with Crippen molar-refractivity contribution in [2.75, 3.05) is 4.90 Å². The van der Waals surface area contributed by atoms with Crippen molar-refractivity contribution in [1.82, 2.24) is 5.32 Å². The van der Waals surface area contributed by atoms with Crippen molar-refractivity contribution >= 4 is 17.5 Å². The number of fused-ring (bicyclic) bond motifs is 1. The molecular weight excluding hydrogens is 300 g/mol. The summed E-state index contributed by atoms with van der Waals surface area (Å²) in [6.45, 7) is 3.75. The lowest BCUT2D eigenvalue weighted by Crippen LogP contribution is -2.50. The Morgan fingerprint density at radius 3 is 2.79 bits per heavy atom. The summed E-state index contributed by atoms with van der Waals surface area (Å²) in [6.07, 6.45) is 7.72. The van der Waals surface area contributed by atoms with Crippen molar-refractivity contribution in [3.05, 3.63) is 29.8 Å². The van der Waals surface area contributed by atoms with E-state index in [2.05, 4.69) is 12.2 Å². The zero-order valence-electron chi connectivity index (χ0n) is 14.8. The number of rotatable bonds is 5. The number of anilines is 1. The van der Waals surface area contributed by atoms with Gasteiger partial charge >= 0.3 is 0 Å². The van der Waals surface area contributed by atoms with Gasteiger partial charge in [-0.1, -0.05) is 44.4 Å². The van der Waals surface area contributed by atoms with Crippen LogP contribution >= 0.6 is 0 Å². The molecule has 0 aromatic heterocycles. The third-order valence-corrected chi connectivity index (χ3v) is 5.53. The van der Waals surface area contributed by atoms with Crippen LogP contribution in [0.1, 0.15) is 57.9 Å². The summed E-state index contributed by atoms with van der Waals surface area (Å²) >= 11 is 0. The molecule has 0 saturated heterocycles. The molecule has 4 heteroatoms. The van der Waals surface area contributed by atoms with E-state index in [-0.39, 0.29) is 17.9 Å². The third kappa shape index (κ3) is 3.33. The van der Waals surface area contributed by atoms with Gasteiger partial charge in [-0.05, 0) is 36.8 Å². The largest absolute Gasteiger partial charge is 0.351 e. The predicted octanol–water partition coefficient (Wildman–Crippen LogP) is 3.44. The first kappa shape index (κ1) is 17.0. The summed E-state index contributed by atoms with van der Waals surface area (Å²) < 4.78 is 0. The average Bonchev–Trinajstić information content (AvgIpc) is 3.16. The van der Waals surface area contributed by atoms with E-state index in [1.165, 1.54) is 32.1 Å². The Bertz CT molecular complexity index is 613. The highest BCUT2D eigenvalue weighted by molar-refractivity contribution is 6.02. The van der Waals surface area contributed by atoms with Gasteiger partial charge in [0.2, 0.25) is 11.8 Å². The molecule has 2 unspecified atom stereocenters. The number of nitrogens with zero attached hydrogens (tertiary/aromatic N) is 1. The number of hydrogen-bond donors (Lipinski definition) is 1. The highest BCUT2D eigenvalue weighted by Gasteiger charge is 2.38. The molecule has 130 valence electrons. The molecule has 0 radical (unpaired) electrons. The van der Waals surface area contributed by atoms with Crippen LogP contribution in [0.5, 0.6) is 0 Å². The Morgan fingerprint density at radius 1 is 1.25 bits per heavy atom. The molecule has 2 amide bonds. The van der Waals surface area contributed by atoms with E-state index in [0.29, 0.717) is 12.3 Å². The Balaban J connectivity index is 1.70. The van der Waals surface area contributed by atoms with Crippen LogP contribution in [0.15, 0.2) is 24.3 Å². The second-order valence-electron chi connectivity index (χ2n) is 7.19. The van der Waals surface area contributed by atoms with E-state index in [4.69, 9.17) is 0 Å². The summed E-state index contributed by atoms with van der Waals surface area (Å²) in [5.74, 6) is 0.548. The molecule has 4 nitrogen and oxygen atoms in total. The molecular formula is C20H28N2O2. The third-order valence-electron chi connectivity index (χ3n) is 5.53. The van der Waals surface area contributed by atoms with Crippen LogP contribution in [0, 0.1) is 5.92 Å². The van der Waals surface area contributed by atoms with E-state index >= 15 is 0 Å². The summed E-state index contributed by atoms with van der Waals surface area (Å²) in [4.78, 5) is 26.7. The fourth-order valence-electron chi connectivity index (χ4n) is 4.30. The van der Waals surface area contributed by atoms with E-state index < -0.39 is 6.04 Å². The molecule has 3 atom stereocenters. The Hall–Kier alpha value is -1.84. The first-order chi connectivity index (χ1) is 11.6. The topological polar surface area (TPSA) is 49.4 Å². The Labute approximate surface area is 144 Å². The molecule has 1 N–H and O–H groups in total. The van der Waals surface area contributed by atoms with Gasteiger partial charge in [-0.2, -0.15) is 0 Å². The lowest BCUT2D eigenvalue weighted by atomic mass is 9.96. The minimum absolute atomic E-state index is 0.00907. The van der Waals surface area contributed by atoms with Crippen LogP contribution in [0.25, 0.3) is 0 Å². The van der Waals surface area contributed by atoms with E-state index in [1.54, 1.807) is 11.8 Å². The number of unbranched alkanes of at least 4 members (excludes halogenated alkanes) is 1. The van der Waals surface area contributed by atoms with Gasteiger partial charge in [0.1, 0.15) is 6.04 Å². The van der Waals surface area contributed by atoms with Gasteiger partial charge in [0.05, 0.1) is 0 Å². The lowest BCUT2D eigenvalue weighted by Gasteiger charge is -2.27. The SMILES string of the molecule is CCCCC1CCCC1NC(=O)[C@@H]1Cc2ccccc2N1C(C)=O. The van der Waals surface area contributed by atoms with Crippen molar-refractivity contribution < 1.29 is 9.59 Å². The quantitative estimate of drug-likeness (QED) is 0.900. The van der Waals surface area contributed by atoms with E-state index in [1.807, 2.05) is 24.3 Å².